The van der Waals surface area contributed by atoms with Gasteiger partial charge in [0.1, 0.15) is 11.4 Å². The quantitative estimate of drug-likeness (QED) is 0.260. The van der Waals surface area contributed by atoms with Crippen LogP contribution in [0.15, 0.2) is 36.4 Å². The van der Waals surface area contributed by atoms with Crippen molar-refractivity contribution in [3.63, 3.8) is 0 Å². The minimum absolute atomic E-state index is 0.000477. The van der Waals surface area contributed by atoms with Gasteiger partial charge < -0.3 is 14.9 Å². The van der Waals surface area contributed by atoms with Crippen molar-refractivity contribution in [1.82, 2.24) is 0 Å². The van der Waals surface area contributed by atoms with Crippen LogP contribution >= 0.6 is 8.69 Å². The van der Waals surface area contributed by atoms with Crippen molar-refractivity contribution in [1.29, 1.82) is 0 Å². The van der Waals surface area contributed by atoms with Crippen LogP contribution in [-0.2, 0) is 10.7 Å². The van der Waals surface area contributed by atoms with E-state index in [9.17, 15) is 33.4 Å². The standard InChI is InChI=1S/C19H20F3N3O5.H3O2P/c1-4-18(3,5-2)23-14-11-13(7-8-15(14)24(26)27)30-17-9-6-12(19(20,21)22)10-16(17)25(28)29;1-3-2/h6-11,23H,4-5H2,1-3H3;3H2,(H,1,2). The molecule has 2 aromatic carbocycles. The van der Waals surface area contributed by atoms with E-state index in [0.717, 1.165) is 6.07 Å². The zero-order chi connectivity index (χ0) is 25.4. The monoisotopic (exact) mass is 493 g/mol. The fourth-order valence-corrected chi connectivity index (χ4v) is 2.64. The van der Waals surface area contributed by atoms with Crippen LogP contribution in [0.2, 0.25) is 0 Å². The van der Waals surface area contributed by atoms with E-state index in [2.05, 4.69) is 5.32 Å². The molecule has 0 bridgehead atoms. The van der Waals surface area contributed by atoms with Gasteiger partial charge in [-0.1, -0.05) is 13.8 Å². The molecule has 0 saturated heterocycles. The van der Waals surface area contributed by atoms with Crippen LogP contribution in [-0.4, -0.2) is 20.3 Å². The van der Waals surface area contributed by atoms with Gasteiger partial charge in [0.05, 0.1) is 15.4 Å². The summed E-state index contributed by atoms with van der Waals surface area (Å²) >= 11 is 0. The van der Waals surface area contributed by atoms with Crippen LogP contribution in [0.5, 0.6) is 11.5 Å². The number of nitro benzene ring substituents is 2. The number of alkyl halides is 3. The Kier molecular flexibility index (Phi) is 9.80. The number of rotatable bonds is 8. The van der Waals surface area contributed by atoms with Gasteiger partial charge in [0.25, 0.3) is 5.69 Å². The van der Waals surface area contributed by atoms with Crippen LogP contribution < -0.4 is 10.1 Å². The van der Waals surface area contributed by atoms with Gasteiger partial charge in [-0.25, -0.2) is 0 Å². The predicted molar refractivity (Wildman–Crippen MR) is 116 cm³/mol. The molecule has 33 heavy (non-hydrogen) atoms. The summed E-state index contributed by atoms with van der Waals surface area (Å²) in [5, 5.41) is 25.7. The fraction of sp³-hybridized carbons (Fsp3) is 0.368. The van der Waals surface area contributed by atoms with Crippen LogP contribution in [0, 0.1) is 20.2 Å². The summed E-state index contributed by atoms with van der Waals surface area (Å²) < 4.78 is 52.5. The number of hydrogen-bond donors (Lipinski definition) is 2. The highest BCUT2D eigenvalue weighted by Gasteiger charge is 2.33. The lowest BCUT2D eigenvalue weighted by molar-refractivity contribution is -0.385. The van der Waals surface area contributed by atoms with E-state index in [0.29, 0.717) is 25.0 Å². The minimum Gasteiger partial charge on any atom is -0.450 e. The van der Waals surface area contributed by atoms with E-state index < -0.39 is 47.2 Å². The lowest BCUT2D eigenvalue weighted by Gasteiger charge is -2.29. The van der Waals surface area contributed by atoms with Gasteiger partial charge in [0.2, 0.25) is 5.75 Å². The maximum absolute atomic E-state index is 12.9. The first-order valence-electron chi connectivity index (χ1n) is 9.49. The number of anilines is 1. The summed E-state index contributed by atoms with van der Waals surface area (Å²) in [6.07, 6.45) is -3.43. The molecule has 0 aliphatic heterocycles. The Morgan fingerprint density at radius 1 is 1.03 bits per heavy atom. The first-order valence-corrected chi connectivity index (χ1v) is 10.5. The average molecular weight is 493 g/mol. The molecule has 0 heterocycles. The molecule has 182 valence electrons. The number of nitrogens with zero attached hydrogens (tertiary/aromatic N) is 2. The number of benzene rings is 2. The van der Waals surface area contributed by atoms with Crippen molar-refractivity contribution in [2.24, 2.45) is 0 Å². The number of nitro groups is 2. The van der Waals surface area contributed by atoms with Gasteiger partial charge in [-0.2, -0.15) is 13.2 Å². The molecule has 0 fully saturated rings. The van der Waals surface area contributed by atoms with E-state index in [1.54, 1.807) is 0 Å². The zero-order valence-electron chi connectivity index (χ0n) is 17.9. The molecule has 2 N–H and O–H groups in total. The summed E-state index contributed by atoms with van der Waals surface area (Å²) in [5.41, 5.74) is -2.60. The highest BCUT2D eigenvalue weighted by molar-refractivity contribution is 7.16. The molecule has 2 rings (SSSR count). The molecule has 0 aromatic heterocycles. The largest absolute Gasteiger partial charge is 0.450 e. The van der Waals surface area contributed by atoms with Crippen LogP contribution in [0.25, 0.3) is 0 Å². The lowest BCUT2D eigenvalue weighted by Crippen LogP contribution is -2.33. The first-order chi connectivity index (χ1) is 15.3. The van der Waals surface area contributed by atoms with Crippen molar-refractivity contribution in [2.45, 2.75) is 45.3 Å². The van der Waals surface area contributed by atoms with Crippen molar-refractivity contribution >= 4 is 25.7 Å². The summed E-state index contributed by atoms with van der Waals surface area (Å²) in [6.45, 7) is 5.70. The molecule has 14 heteroatoms. The third-order valence-electron chi connectivity index (χ3n) is 4.87. The molecule has 2 aromatic rings. The molecule has 0 saturated carbocycles. The van der Waals surface area contributed by atoms with Gasteiger partial charge in [0.15, 0.2) is 8.69 Å². The van der Waals surface area contributed by atoms with Gasteiger partial charge in [-0.15, -0.1) is 0 Å². The molecule has 0 amide bonds. The lowest BCUT2D eigenvalue weighted by atomic mass is 9.95. The molecule has 1 atom stereocenters. The highest BCUT2D eigenvalue weighted by Crippen LogP contribution is 2.39. The topological polar surface area (TPSA) is 145 Å². The Morgan fingerprint density at radius 3 is 2.03 bits per heavy atom. The molecule has 0 radical (unpaired) electrons. The van der Waals surface area contributed by atoms with Gasteiger partial charge in [-0.3, -0.25) is 24.8 Å². The number of nitrogens with one attached hydrogen (secondary N) is 1. The Labute approximate surface area is 188 Å². The van der Waals surface area contributed by atoms with Gasteiger partial charge >= 0.3 is 11.9 Å². The number of halogens is 3. The van der Waals surface area contributed by atoms with Gasteiger partial charge in [0, 0.05) is 23.7 Å². The fourth-order valence-electron chi connectivity index (χ4n) is 2.64. The maximum Gasteiger partial charge on any atom is 0.416 e. The van der Waals surface area contributed by atoms with E-state index >= 15 is 0 Å². The third-order valence-corrected chi connectivity index (χ3v) is 4.87. The Bertz CT molecular complexity index is 1010. The molecular weight excluding hydrogens is 470 g/mol. The van der Waals surface area contributed by atoms with Crippen molar-refractivity contribution in [3.8, 4) is 11.5 Å². The maximum atomic E-state index is 12.9. The minimum atomic E-state index is -4.75. The first kappa shape index (κ1) is 27.9. The second-order valence-corrected chi connectivity index (χ2v) is 7.18. The SMILES string of the molecule is CCC(C)(CC)Nc1cc(Oc2ccc(C(F)(F)F)cc2[N+](=O)[O-])ccc1[N+](=O)[O-].O=[PH2]O. The summed E-state index contributed by atoms with van der Waals surface area (Å²) in [4.78, 5) is 28.1. The normalized spacial score (nSPS) is 11.6. The highest BCUT2D eigenvalue weighted by atomic mass is 31.1. The zero-order valence-corrected chi connectivity index (χ0v) is 19.0. The summed E-state index contributed by atoms with van der Waals surface area (Å²) in [5.74, 6) is -0.415. The van der Waals surface area contributed by atoms with Crippen LogP contribution in [0.1, 0.15) is 39.2 Å². The van der Waals surface area contributed by atoms with Crippen LogP contribution in [0.4, 0.5) is 30.2 Å². The van der Waals surface area contributed by atoms with E-state index in [1.807, 2.05) is 20.8 Å². The van der Waals surface area contributed by atoms with E-state index in [1.165, 1.54) is 18.2 Å². The second kappa shape index (κ2) is 11.6. The van der Waals surface area contributed by atoms with Crippen LogP contribution in [0.3, 0.4) is 0 Å². The summed E-state index contributed by atoms with van der Waals surface area (Å²) in [6, 6.07) is 5.57. The Balaban J connectivity index is 0.00000172. The number of ether oxygens (including phenoxy) is 1. The second-order valence-electron chi connectivity index (χ2n) is 6.97. The van der Waals surface area contributed by atoms with Crippen molar-refractivity contribution < 1.29 is 37.2 Å². The third kappa shape index (κ3) is 7.72. The molecule has 0 aliphatic carbocycles. The Morgan fingerprint density at radius 2 is 1.58 bits per heavy atom. The Hall–Kier alpha value is -3.18. The molecule has 0 spiro atoms. The van der Waals surface area contributed by atoms with E-state index in [4.69, 9.17) is 14.2 Å². The van der Waals surface area contributed by atoms with Crippen molar-refractivity contribution in [2.75, 3.05) is 5.32 Å². The predicted octanol–water partition coefficient (Wildman–Crippen LogP) is 5.95. The summed E-state index contributed by atoms with van der Waals surface area (Å²) in [7, 11) is -1.50. The van der Waals surface area contributed by atoms with Crippen molar-refractivity contribution in [3.05, 3.63) is 62.2 Å². The van der Waals surface area contributed by atoms with E-state index in [-0.39, 0.29) is 17.1 Å². The molecule has 1 unspecified atom stereocenters. The molecule has 10 nitrogen and oxygen atoms in total. The number of hydrogen-bond acceptors (Lipinski definition) is 7. The average Bonchev–Trinajstić information content (AvgIpc) is 2.73. The molecular formula is C19H23F3N3O7P. The molecule has 0 aliphatic rings. The smallest absolute Gasteiger partial charge is 0.416 e. The van der Waals surface area contributed by atoms with Gasteiger partial charge in [-0.05, 0) is 38.0 Å².